The number of pyridine rings is 1. The second kappa shape index (κ2) is 7.72. The van der Waals surface area contributed by atoms with E-state index in [0.29, 0.717) is 0 Å². The lowest BCUT2D eigenvalue weighted by molar-refractivity contribution is 0.392. The molecule has 0 aliphatic heterocycles. The largest absolute Gasteiger partial charge is 0.256 e. The maximum atomic E-state index is 4.91. The van der Waals surface area contributed by atoms with E-state index in [1.54, 1.807) is 0 Å². The molecule has 2 aromatic rings. The van der Waals surface area contributed by atoms with Gasteiger partial charge >= 0.3 is 0 Å². The van der Waals surface area contributed by atoms with Crippen molar-refractivity contribution in [3.63, 3.8) is 0 Å². The summed E-state index contributed by atoms with van der Waals surface area (Å²) in [6, 6.07) is 11.0. The minimum atomic E-state index is 0.193. The standard InChI is InChI=1S/C24H35N/c1-8-23(6,9-2)20-16-22(19-15-13-12-14-18(19)5)25-17-21(20)24(7,10-3)11-4/h12-17H,8-11H2,1-7H3. The third kappa shape index (κ3) is 3.66. The first kappa shape index (κ1) is 19.7. The van der Waals surface area contributed by atoms with Crippen molar-refractivity contribution in [1.29, 1.82) is 0 Å². The SMILES string of the molecule is CCC(C)(CC)c1cnc(-c2ccccc2C)cc1C(C)(CC)CC. The van der Waals surface area contributed by atoms with Gasteiger partial charge in [-0.1, -0.05) is 65.8 Å². The van der Waals surface area contributed by atoms with Crippen LogP contribution in [0.4, 0.5) is 0 Å². The van der Waals surface area contributed by atoms with E-state index in [4.69, 9.17) is 4.98 Å². The first-order chi connectivity index (χ1) is 11.8. The van der Waals surface area contributed by atoms with Crippen LogP contribution in [-0.4, -0.2) is 4.98 Å². The van der Waals surface area contributed by atoms with E-state index in [1.165, 1.54) is 22.3 Å². The van der Waals surface area contributed by atoms with E-state index in [1.807, 2.05) is 0 Å². The topological polar surface area (TPSA) is 12.9 Å². The highest BCUT2D eigenvalue weighted by Gasteiger charge is 2.33. The maximum Gasteiger partial charge on any atom is 0.0707 e. The third-order valence-corrected chi connectivity index (χ3v) is 6.75. The molecule has 0 saturated heterocycles. The maximum absolute atomic E-state index is 4.91. The molecule has 0 atom stereocenters. The van der Waals surface area contributed by atoms with Gasteiger partial charge in [0.1, 0.15) is 0 Å². The molecule has 1 aromatic carbocycles. The zero-order chi connectivity index (χ0) is 18.7. The molecule has 0 bridgehead atoms. The summed E-state index contributed by atoms with van der Waals surface area (Å²) in [5.41, 5.74) is 6.98. The lowest BCUT2D eigenvalue weighted by Crippen LogP contribution is -2.29. The molecule has 136 valence electrons. The van der Waals surface area contributed by atoms with Gasteiger partial charge in [-0.15, -0.1) is 0 Å². The molecular formula is C24H35N. The highest BCUT2D eigenvalue weighted by molar-refractivity contribution is 5.65. The molecule has 1 heterocycles. The summed E-state index contributed by atoms with van der Waals surface area (Å²) in [5.74, 6) is 0. The molecule has 1 heteroatoms. The van der Waals surface area contributed by atoms with Gasteiger partial charge in [-0.2, -0.15) is 0 Å². The summed E-state index contributed by atoms with van der Waals surface area (Å²) in [6.45, 7) is 16.2. The summed E-state index contributed by atoms with van der Waals surface area (Å²) in [6.07, 6.45) is 6.76. The summed E-state index contributed by atoms with van der Waals surface area (Å²) in [7, 11) is 0. The fourth-order valence-corrected chi connectivity index (χ4v) is 3.71. The van der Waals surface area contributed by atoms with Crippen molar-refractivity contribution in [3.8, 4) is 11.3 Å². The Morgan fingerprint density at radius 2 is 1.32 bits per heavy atom. The van der Waals surface area contributed by atoms with Gasteiger partial charge in [0.2, 0.25) is 0 Å². The number of benzene rings is 1. The lowest BCUT2D eigenvalue weighted by atomic mass is 9.68. The van der Waals surface area contributed by atoms with Crippen molar-refractivity contribution < 1.29 is 0 Å². The molecule has 0 fully saturated rings. The van der Waals surface area contributed by atoms with E-state index in [-0.39, 0.29) is 10.8 Å². The van der Waals surface area contributed by atoms with Crippen LogP contribution in [0.15, 0.2) is 36.5 Å². The first-order valence-corrected chi connectivity index (χ1v) is 9.92. The molecule has 0 aliphatic carbocycles. The predicted octanol–water partition coefficient (Wildman–Crippen LogP) is 7.21. The Labute approximate surface area is 154 Å². The number of aromatic nitrogens is 1. The molecule has 0 amide bonds. The average molecular weight is 338 g/mol. The van der Waals surface area contributed by atoms with Crippen LogP contribution in [-0.2, 0) is 10.8 Å². The normalized spacial score (nSPS) is 12.4. The van der Waals surface area contributed by atoms with Crippen LogP contribution in [0, 0.1) is 6.92 Å². The lowest BCUT2D eigenvalue weighted by Gasteiger charge is -2.37. The average Bonchev–Trinajstić information content (AvgIpc) is 2.66. The molecule has 1 aromatic heterocycles. The van der Waals surface area contributed by atoms with Crippen molar-refractivity contribution in [1.82, 2.24) is 4.98 Å². The molecule has 25 heavy (non-hydrogen) atoms. The van der Waals surface area contributed by atoms with Crippen LogP contribution in [0.5, 0.6) is 0 Å². The first-order valence-electron chi connectivity index (χ1n) is 9.92. The Morgan fingerprint density at radius 3 is 1.84 bits per heavy atom. The molecule has 0 aliphatic rings. The van der Waals surface area contributed by atoms with Gasteiger partial charge in [0.05, 0.1) is 5.69 Å². The molecule has 1 nitrogen and oxygen atoms in total. The van der Waals surface area contributed by atoms with Crippen molar-refractivity contribution in [2.24, 2.45) is 0 Å². The Balaban J connectivity index is 2.74. The predicted molar refractivity (Wildman–Crippen MR) is 110 cm³/mol. The number of rotatable bonds is 7. The number of nitrogens with zero attached hydrogens (tertiary/aromatic N) is 1. The van der Waals surface area contributed by atoms with Crippen molar-refractivity contribution in [2.45, 2.75) is 85.0 Å². The zero-order valence-corrected chi connectivity index (χ0v) is 17.2. The van der Waals surface area contributed by atoms with Gasteiger partial charge in [0.25, 0.3) is 0 Å². The molecule has 0 N–H and O–H groups in total. The Kier molecular flexibility index (Phi) is 6.08. The van der Waals surface area contributed by atoms with Crippen LogP contribution < -0.4 is 0 Å². The number of hydrogen-bond acceptors (Lipinski definition) is 1. The van der Waals surface area contributed by atoms with Crippen LogP contribution in [0.1, 0.15) is 83.9 Å². The van der Waals surface area contributed by atoms with E-state index in [2.05, 4.69) is 85.0 Å². The molecule has 0 radical (unpaired) electrons. The van der Waals surface area contributed by atoms with Gasteiger partial charge in [-0.05, 0) is 66.2 Å². The van der Waals surface area contributed by atoms with E-state index < -0.39 is 0 Å². The highest BCUT2D eigenvalue weighted by Crippen LogP contribution is 2.42. The zero-order valence-electron chi connectivity index (χ0n) is 17.2. The monoisotopic (exact) mass is 337 g/mol. The molecule has 0 saturated carbocycles. The van der Waals surface area contributed by atoms with Gasteiger partial charge in [-0.25, -0.2) is 0 Å². The van der Waals surface area contributed by atoms with Gasteiger partial charge in [0, 0.05) is 11.8 Å². The van der Waals surface area contributed by atoms with Gasteiger partial charge in [-0.3, -0.25) is 4.98 Å². The summed E-state index contributed by atoms with van der Waals surface area (Å²) >= 11 is 0. The quantitative estimate of drug-likeness (QED) is 0.520. The molecule has 2 rings (SSSR count). The summed E-state index contributed by atoms with van der Waals surface area (Å²) in [4.78, 5) is 4.91. The summed E-state index contributed by atoms with van der Waals surface area (Å²) in [5, 5.41) is 0. The Hall–Kier alpha value is -1.63. The van der Waals surface area contributed by atoms with Crippen molar-refractivity contribution in [3.05, 3.63) is 53.2 Å². The molecular weight excluding hydrogens is 302 g/mol. The smallest absolute Gasteiger partial charge is 0.0707 e. The van der Waals surface area contributed by atoms with E-state index >= 15 is 0 Å². The van der Waals surface area contributed by atoms with Crippen molar-refractivity contribution in [2.75, 3.05) is 0 Å². The van der Waals surface area contributed by atoms with Crippen molar-refractivity contribution >= 4 is 0 Å². The van der Waals surface area contributed by atoms with Gasteiger partial charge in [0.15, 0.2) is 0 Å². The minimum absolute atomic E-state index is 0.193. The van der Waals surface area contributed by atoms with E-state index in [0.717, 1.165) is 31.4 Å². The molecule has 0 unspecified atom stereocenters. The van der Waals surface area contributed by atoms with Crippen LogP contribution in [0.2, 0.25) is 0 Å². The Morgan fingerprint density at radius 1 is 0.800 bits per heavy atom. The fourth-order valence-electron chi connectivity index (χ4n) is 3.71. The van der Waals surface area contributed by atoms with Crippen LogP contribution >= 0.6 is 0 Å². The summed E-state index contributed by atoms with van der Waals surface area (Å²) < 4.78 is 0. The fraction of sp³-hybridized carbons (Fsp3) is 0.542. The second-order valence-electron chi connectivity index (χ2n) is 7.97. The minimum Gasteiger partial charge on any atom is -0.256 e. The number of hydrogen-bond donors (Lipinski definition) is 0. The number of aryl methyl sites for hydroxylation is 1. The third-order valence-electron chi connectivity index (χ3n) is 6.75. The second-order valence-corrected chi connectivity index (χ2v) is 7.97. The van der Waals surface area contributed by atoms with E-state index in [9.17, 15) is 0 Å². The Bertz CT molecular complexity index is 706. The van der Waals surface area contributed by atoms with Crippen LogP contribution in [0.25, 0.3) is 11.3 Å². The van der Waals surface area contributed by atoms with Gasteiger partial charge < -0.3 is 0 Å². The van der Waals surface area contributed by atoms with Crippen LogP contribution in [0.3, 0.4) is 0 Å². The molecule has 0 spiro atoms. The highest BCUT2D eigenvalue weighted by atomic mass is 14.7.